The van der Waals surface area contributed by atoms with E-state index in [-0.39, 0.29) is 0 Å². The summed E-state index contributed by atoms with van der Waals surface area (Å²) in [5.41, 5.74) is 8.57. The molecule has 1 aromatic heterocycles. The summed E-state index contributed by atoms with van der Waals surface area (Å²) >= 11 is 0. The molecule has 1 aliphatic heterocycles. The van der Waals surface area contributed by atoms with Gasteiger partial charge in [0.15, 0.2) is 0 Å². The molecule has 0 saturated heterocycles. The first kappa shape index (κ1) is 12.7. The Morgan fingerprint density at radius 3 is 2.74 bits per heavy atom. The van der Waals surface area contributed by atoms with Gasteiger partial charge in [0.2, 0.25) is 0 Å². The summed E-state index contributed by atoms with van der Waals surface area (Å²) in [6.07, 6.45) is 8.74. The minimum absolute atomic E-state index is 1.05. The number of aromatic nitrogens is 1. The van der Waals surface area contributed by atoms with Crippen molar-refractivity contribution in [1.29, 1.82) is 0 Å². The molecule has 0 bridgehead atoms. The maximum absolute atomic E-state index is 4.86. The van der Waals surface area contributed by atoms with Crippen molar-refractivity contribution in [1.82, 2.24) is 4.57 Å². The highest BCUT2D eigenvalue weighted by Crippen LogP contribution is 2.40. The van der Waals surface area contributed by atoms with Gasteiger partial charge in [-0.2, -0.15) is 0 Å². The van der Waals surface area contributed by atoms with E-state index in [0.29, 0.717) is 0 Å². The fourth-order valence-corrected chi connectivity index (χ4v) is 3.64. The summed E-state index contributed by atoms with van der Waals surface area (Å²) < 4.78 is 2.30. The molecule has 2 heterocycles. The summed E-state index contributed by atoms with van der Waals surface area (Å²) in [6.45, 7) is 0. The summed E-state index contributed by atoms with van der Waals surface area (Å²) in [5.74, 6) is 0. The maximum Gasteiger partial charge on any atom is 0.0948 e. The second kappa shape index (κ2) is 4.82. The lowest BCUT2D eigenvalue weighted by atomic mass is 9.98. The monoisotopic (exact) mass is 296 g/mol. The van der Waals surface area contributed by atoms with E-state index >= 15 is 0 Å². The molecule has 0 radical (unpaired) electrons. The minimum atomic E-state index is 1.05. The Morgan fingerprint density at radius 1 is 0.913 bits per heavy atom. The second-order valence-electron chi connectivity index (χ2n) is 6.06. The van der Waals surface area contributed by atoms with Crippen molar-refractivity contribution >= 4 is 17.5 Å². The Morgan fingerprint density at radius 2 is 1.83 bits per heavy atom. The average molecular weight is 296 g/mol. The van der Waals surface area contributed by atoms with Crippen LogP contribution in [0.5, 0.6) is 0 Å². The van der Waals surface area contributed by atoms with E-state index in [1.807, 2.05) is 12.3 Å². The van der Waals surface area contributed by atoms with E-state index in [9.17, 15) is 0 Å². The standard InChI is InChI=1S/C21H16N2/c1-2-6-15(7-3-1)18-10-5-11-19-20(18)22-14-17-9-4-8-16-12-13-23(19)21(16)17/h1-3,5-7,9-14H,4,8H2. The molecule has 0 fully saturated rings. The molecule has 1 aliphatic carbocycles. The van der Waals surface area contributed by atoms with Crippen LogP contribution in [-0.4, -0.2) is 10.8 Å². The van der Waals surface area contributed by atoms with Crippen LogP contribution in [0.25, 0.3) is 22.4 Å². The molecule has 3 aromatic rings. The molecule has 0 spiro atoms. The molecule has 2 aliphatic rings. The van der Waals surface area contributed by atoms with Gasteiger partial charge in [-0.3, -0.25) is 4.99 Å². The second-order valence-corrected chi connectivity index (χ2v) is 6.06. The van der Waals surface area contributed by atoms with Crippen molar-refractivity contribution in [2.24, 2.45) is 4.99 Å². The number of hydrogen-bond acceptors (Lipinski definition) is 1. The zero-order valence-corrected chi connectivity index (χ0v) is 12.7. The van der Waals surface area contributed by atoms with E-state index < -0.39 is 0 Å². The van der Waals surface area contributed by atoms with Crippen LogP contribution in [0.2, 0.25) is 0 Å². The van der Waals surface area contributed by atoms with Crippen LogP contribution in [0.1, 0.15) is 17.7 Å². The number of hydrogen-bond donors (Lipinski definition) is 0. The van der Waals surface area contributed by atoms with Crippen LogP contribution >= 0.6 is 0 Å². The molecule has 0 unspecified atom stereocenters. The molecule has 0 atom stereocenters. The number of rotatable bonds is 1. The summed E-state index contributed by atoms with van der Waals surface area (Å²) in [6, 6.07) is 19.2. The van der Waals surface area contributed by atoms with Crippen LogP contribution in [0.4, 0.5) is 5.69 Å². The number of nitrogens with zero attached hydrogens (tertiary/aromatic N) is 2. The average Bonchev–Trinajstić information content (AvgIpc) is 2.97. The number of aliphatic imine (C=N–C) groups is 1. The van der Waals surface area contributed by atoms with Gasteiger partial charge >= 0.3 is 0 Å². The number of aryl methyl sites for hydroxylation is 1. The Labute approximate surface area is 135 Å². The van der Waals surface area contributed by atoms with E-state index in [0.717, 1.165) is 24.2 Å². The molecule has 0 N–H and O–H groups in total. The van der Waals surface area contributed by atoms with Crippen molar-refractivity contribution in [3.63, 3.8) is 0 Å². The normalized spacial score (nSPS) is 14.7. The van der Waals surface area contributed by atoms with Gasteiger partial charge in [0.25, 0.3) is 0 Å². The fraction of sp³-hybridized carbons (Fsp3) is 0.0952. The number of allylic oxidation sites excluding steroid dienone is 2. The summed E-state index contributed by atoms with van der Waals surface area (Å²) in [7, 11) is 0. The van der Waals surface area contributed by atoms with E-state index in [1.54, 1.807) is 0 Å². The topological polar surface area (TPSA) is 17.3 Å². The molecule has 0 amide bonds. The minimum Gasteiger partial charge on any atom is -0.314 e. The van der Waals surface area contributed by atoms with Crippen molar-refractivity contribution in [3.05, 3.63) is 78.1 Å². The Balaban J connectivity index is 1.82. The molecule has 5 rings (SSSR count). The van der Waals surface area contributed by atoms with E-state index in [1.165, 1.54) is 28.0 Å². The first-order valence-electron chi connectivity index (χ1n) is 8.05. The lowest BCUT2D eigenvalue weighted by molar-refractivity contribution is 0.955. The van der Waals surface area contributed by atoms with Gasteiger partial charge in [0, 0.05) is 23.5 Å². The van der Waals surface area contributed by atoms with Gasteiger partial charge in [-0.25, -0.2) is 0 Å². The summed E-state index contributed by atoms with van der Waals surface area (Å²) in [4.78, 5) is 4.86. The molecular weight excluding hydrogens is 280 g/mol. The van der Waals surface area contributed by atoms with Gasteiger partial charge in [-0.15, -0.1) is 0 Å². The first-order chi connectivity index (χ1) is 11.4. The van der Waals surface area contributed by atoms with Crippen LogP contribution in [0, 0.1) is 0 Å². The van der Waals surface area contributed by atoms with Crippen LogP contribution in [-0.2, 0) is 6.42 Å². The lowest BCUT2D eigenvalue weighted by Gasteiger charge is -2.15. The first-order valence-corrected chi connectivity index (χ1v) is 8.05. The maximum atomic E-state index is 4.86. The predicted molar refractivity (Wildman–Crippen MR) is 95.7 cm³/mol. The highest BCUT2D eigenvalue weighted by Gasteiger charge is 2.22. The molecule has 23 heavy (non-hydrogen) atoms. The molecule has 2 heteroatoms. The van der Waals surface area contributed by atoms with Gasteiger partial charge < -0.3 is 4.57 Å². The Kier molecular flexibility index (Phi) is 2.65. The quantitative estimate of drug-likeness (QED) is 0.588. The van der Waals surface area contributed by atoms with Gasteiger partial charge in [0.1, 0.15) is 0 Å². The fourth-order valence-electron chi connectivity index (χ4n) is 3.64. The third-order valence-electron chi connectivity index (χ3n) is 4.71. The van der Waals surface area contributed by atoms with Crippen LogP contribution < -0.4 is 0 Å². The highest BCUT2D eigenvalue weighted by atomic mass is 15.0. The Hall–Kier alpha value is -2.87. The van der Waals surface area contributed by atoms with Crippen molar-refractivity contribution < 1.29 is 0 Å². The zero-order valence-electron chi connectivity index (χ0n) is 12.7. The highest BCUT2D eigenvalue weighted by molar-refractivity contribution is 6.13. The SMILES string of the molecule is C1=Nc2c(-c3ccccc3)cccc2-n2ccc3c2C1=CCC3. The number of para-hydroxylation sites is 1. The van der Waals surface area contributed by atoms with Crippen LogP contribution in [0.15, 0.2) is 71.9 Å². The predicted octanol–water partition coefficient (Wildman–Crippen LogP) is 5.19. The number of fused-ring (bicyclic) bond motifs is 2. The van der Waals surface area contributed by atoms with Gasteiger partial charge in [0.05, 0.1) is 17.1 Å². The largest absolute Gasteiger partial charge is 0.314 e. The summed E-state index contributed by atoms with van der Waals surface area (Å²) in [5, 5.41) is 0. The molecule has 2 nitrogen and oxygen atoms in total. The van der Waals surface area contributed by atoms with Gasteiger partial charge in [-0.05, 0) is 36.1 Å². The molecular formula is C21H16N2. The zero-order chi connectivity index (χ0) is 15.2. The molecule has 110 valence electrons. The number of benzene rings is 2. The Bertz CT molecular complexity index is 959. The van der Waals surface area contributed by atoms with Crippen molar-refractivity contribution in [2.45, 2.75) is 12.8 Å². The molecule has 0 saturated carbocycles. The van der Waals surface area contributed by atoms with Crippen LogP contribution in [0.3, 0.4) is 0 Å². The van der Waals surface area contributed by atoms with Crippen molar-refractivity contribution in [2.75, 3.05) is 0 Å². The lowest BCUT2D eigenvalue weighted by Crippen LogP contribution is -2.03. The molecule has 2 aromatic carbocycles. The van der Waals surface area contributed by atoms with E-state index in [2.05, 4.69) is 65.4 Å². The third-order valence-corrected chi connectivity index (χ3v) is 4.71. The smallest absolute Gasteiger partial charge is 0.0948 e. The van der Waals surface area contributed by atoms with Gasteiger partial charge in [-0.1, -0.05) is 48.5 Å². The van der Waals surface area contributed by atoms with E-state index in [4.69, 9.17) is 4.99 Å². The third kappa shape index (κ3) is 1.85. The van der Waals surface area contributed by atoms with Crippen molar-refractivity contribution in [3.8, 4) is 16.8 Å².